The number of rotatable bonds is 8. The average molecular weight is 440 g/mol. The number of hydrogen-bond acceptors (Lipinski definition) is 7. The molecule has 0 bridgehead atoms. The predicted octanol–water partition coefficient (Wildman–Crippen LogP) is 3.47. The molecule has 3 heterocycles. The van der Waals surface area contributed by atoms with Crippen molar-refractivity contribution in [2.75, 3.05) is 38.8 Å². The summed E-state index contributed by atoms with van der Waals surface area (Å²) < 4.78 is 5.05. The number of carbonyl (C=O) groups excluding carboxylic acids is 1. The quantitative estimate of drug-likeness (QED) is 0.542. The third-order valence-corrected chi connectivity index (χ3v) is 6.79. The molecule has 0 fully saturated rings. The van der Waals surface area contributed by atoms with E-state index in [2.05, 4.69) is 17.2 Å². The van der Waals surface area contributed by atoms with E-state index in [4.69, 9.17) is 14.7 Å². The molecule has 1 aliphatic rings. The number of carbonyl (C=O) groups is 1. The lowest BCUT2D eigenvalue weighted by atomic mass is 9.89. The smallest absolute Gasteiger partial charge is 0.239 e. The minimum Gasteiger partial charge on any atom is -0.385 e. The van der Waals surface area contributed by atoms with Crippen LogP contribution in [0.3, 0.4) is 0 Å². The minimum absolute atomic E-state index is 0.0222. The van der Waals surface area contributed by atoms with Crippen LogP contribution in [-0.4, -0.2) is 54.7 Å². The fourth-order valence-corrected chi connectivity index (χ4v) is 5.39. The first-order chi connectivity index (χ1) is 15.1. The largest absolute Gasteiger partial charge is 0.385 e. The maximum Gasteiger partial charge on any atom is 0.239 e. The Labute approximate surface area is 186 Å². The number of hydrogen-bond donors (Lipinski definition) is 1. The third-order valence-electron chi connectivity index (χ3n) is 5.65. The van der Waals surface area contributed by atoms with Crippen LogP contribution >= 0.6 is 11.3 Å². The van der Waals surface area contributed by atoms with Crippen LogP contribution in [0.15, 0.2) is 24.5 Å². The van der Waals surface area contributed by atoms with Gasteiger partial charge in [0.05, 0.1) is 11.9 Å². The monoisotopic (exact) mass is 439 g/mol. The Hall–Kier alpha value is -2.58. The fourth-order valence-electron chi connectivity index (χ4n) is 4.01. The molecule has 7 nitrogen and oxygen atoms in total. The maximum atomic E-state index is 12.5. The molecular weight excluding hydrogens is 410 g/mol. The van der Waals surface area contributed by atoms with Gasteiger partial charge in [-0.05, 0) is 49.3 Å². The number of amides is 1. The molecule has 4 rings (SSSR count). The molecule has 0 saturated carbocycles. The highest BCUT2D eigenvalue weighted by Crippen LogP contribution is 2.41. The molecule has 1 N–H and O–H groups in total. The molecule has 0 aliphatic heterocycles. The third kappa shape index (κ3) is 4.85. The second-order valence-corrected chi connectivity index (χ2v) is 9.28. The van der Waals surface area contributed by atoms with E-state index in [-0.39, 0.29) is 12.5 Å². The van der Waals surface area contributed by atoms with E-state index in [0.717, 1.165) is 40.9 Å². The first kappa shape index (κ1) is 21.6. The number of aryl methyl sites for hydroxylation is 1. The molecule has 8 heteroatoms. The van der Waals surface area contributed by atoms with Crippen molar-refractivity contribution in [3.63, 3.8) is 0 Å². The van der Waals surface area contributed by atoms with Crippen molar-refractivity contribution in [2.24, 2.45) is 5.92 Å². The Bertz CT molecular complexity index is 1050. The van der Waals surface area contributed by atoms with Gasteiger partial charge in [0.25, 0.3) is 0 Å². The van der Waals surface area contributed by atoms with Crippen LogP contribution in [0.2, 0.25) is 0 Å². The standard InChI is InChI=1S/C23H29N5O2S/c1-15-7-8-17-18(12-15)31-23-20(17)22(26-21(27-23)16-6-4-9-24-13-16)28(2)14-19(29)25-10-5-11-30-3/h4,6,9,13,15H,5,7-8,10-12,14H2,1-3H3,(H,25,29). The number of nitrogens with one attached hydrogen (secondary N) is 1. The Morgan fingerprint density at radius 3 is 3.03 bits per heavy atom. The van der Waals surface area contributed by atoms with Crippen molar-refractivity contribution in [1.82, 2.24) is 20.3 Å². The summed E-state index contributed by atoms with van der Waals surface area (Å²) >= 11 is 1.77. The summed E-state index contributed by atoms with van der Waals surface area (Å²) in [6.07, 6.45) is 7.62. The Kier molecular flexibility index (Phi) is 6.77. The number of likely N-dealkylation sites (N-methyl/N-ethyl adjacent to an activating group) is 1. The number of nitrogens with zero attached hydrogens (tertiary/aromatic N) is 4. The molecule has 3 aromatic heterocycles. The molecule has 0 spiro atoms. The Balaban J connectivity index is 1.68. The number of pyridine rings is 1. The van der Waals surface area contributed by atoms with Crippen molar-refractivity contribution >= 4 is 33.3 Å². The van der Waals surface area contributed by atoms with E-state index < -0.39 is 0 Å². The van der Waals surface area contributed by atoms with E-state index in [1.807, 2.05) is 24.1 Å². The second-order valence-electron chi connectivity index (χ2n) is 8.20. The number of aromatic nitrogens is 3. The molecule has 1 aliphatic carbocycles. The van der Waals surface area contributed by atoms with Gasteiger partial charge in [-0.15, -0.1) is 11.3 Å². The van der Waals surface area contributed by atoms with Gasteiger partial charge < -0.3 is 15.0 Å². The highest BCUT2D eigenvalue weighted by Gasteiger charge is 2.26. The van der Waals surface area contributed by atoms with Crippen molar-refractivity contribution in [3.05, 3.63) is 35.0 Å². The van der Waals surface area contributed by atoms with Crippen molar-refractivity contribution < 1.29 is 9.53 Å². The van der Waals surface area contributed by atoms with Crippen LogP contribution in [0.1, 0.15) is 30.2 Å². The highest BCUT2D eigenvalue weighted by atomic mass is 32.1. The van der Waals surface area contributed by atoms with Gasteiger partial charge in [-0.2, -0.15) is 0 Å². The minimum atomic E-state index is -0.0222. The predicted molar refractivity (Wildman–Crippen MR) is 125 cm³/mol. The lowest BCUT2D eigenvalue weighted by Gasteiger charge is -2.22. The summed E-state index contributed by atoms with van der Waals surface area (Å²) in [6.45, 7) is 3.79. The average Bonchev–Trinajstić information content (AvgIpc) is 3.14. The normalized spacial score (nSPS) is 15.6. The molecule has 3 aromatic rings. The summed E-state index contributed by atoms with van der Waals surface area (Å²) in [7, 11) is 3.59. The van der Waals surface area contributed by atoms with Crippen molar-refractivity contribution in [2.45, 2.75) is 32.6 Å². The molecule has 0 aromatic carbocycles. The number of ether oxygens (including phenoxy) is 1. The number of fused-ring (bicyclic) bond motifs is 3. The lowest BCUT2D eigenvalue weighted by Crippen LogP contribution is -2.36. The molecule has 0 radical (unpaired) electrons. The number of anilines is 1. The van der Waals surface area contributed by atoms with E-state index in [1.165, 1.54) is 16.9 Å². The van der Waals surface area contributed by atoms with Gasteiger partial charge in [0, 0.05) is 50.1 Å². The van der Waals surface area contributed by atoms with Crippen LogP contribution in [0.4, 0.5) is 5.82 Å². The molecule has 1 unspecified atom stereocenters. The topological polar surface area (TPSA) is 80.2 Å². The number of methoxy groups -OCH3 is 1. The van der Waals surface area contributed by atoms with Gasteiger partial charge in [-0.25, -0.2) is 9.97 Å². The van der Waals surface area contributed by atoms with E-state index in [0.29, 0.717) is 24.9 Å². The Morgan fingerprint density at radius 2 is 2.26 bits per heavy atom. The molecular formula is C23H29N5O2S. The SMILES string of the molecule is COCCCNC(=O)CN(C)c1nc(-c2cccnc2)nc2sc3c(c12)CCC(C)C3. The molecule has 1 atom stereocenters. The summed E-state index contributed by atoms with van der Waals surface area (Å²) in [5.74, 6) is 2.13. The van der Waals surface area contributed by atoms with E-state index >= 15 is 0 Å². The fraction of sp³-hybridized carbons (Fsp3) is 0.478. The van der Waals surface area contributed by atoms with Gasteiger partial charge in [-0.3, -0.25) is 9.78 Å². The Morgan fingerprint density at radius 1 is 1.39 bits per heavy atom. The molecule has 0 saturated heterocycles. The lowest BCUT2D eigenvalue weighted by molar-refractivity contribution is -0.119. The molecule has 31 heavy (non-hydrogen) atoms. The first-order valence-electron chi connectivity index (χ1n) is 10.8. The van der Waals surface area contributed by atoms with E-state index in [1.54, 1.807) is 30.8 Å². The first-order valence-corrected chi connectivity index (χ1v) is 11.6. The zero-order chi connectivity index (χ0) is 21.8. The summed E-state index contributed by atoms with van der Waals surface area (Å²) in [4.78, 5) is 30.9. The van der Waals surface area contributed by atoms with Crippen molar-refractivity contribution in [1.29, 1.82) is 0 Å². The van der Waals surface area contributed by atoms with Gasteiger partial charge in [0.15, 0.2) is 5.82 Å². The molecule has 1 amide bonds. The summed E-state index contributed by atoms with van der Waals surface area (Å²) in [5, 5.41) is 4.07. The van der Waals surface area contributed by atoms with Crippen LogP contribution in [0.5, 0.6) is 0 Å². The zero-order valence-corrected chi connectivity index (χ0v) is 19.2. The van der Waals surface area contributed by atoms with Gasteiger partial charge in [0.1, 0.15) is 10.6 Å². The van der Waals surface area contributed by atoms with Gasteiger partial charge >= 0.3 is 0 Å². The zero-order valence-electron chi connectivity index (χ0n) is 18.4. The van der Waals surface area contributed by atoms with Crippen LogP contribution in [-0.2, 0) is 22.4 Å². The van der Waals surface area contributed by atoms with Crippen molar-refractivity contribution in [3.8, 4) is 11.4 Å². The number of thiophene rings is 1. The summed E-state index contributed by atoms with van der Waals surface area (Å²) in [6, 6.07) is 3.86. The van der Waals surface area contributed by atoms with Crippen LogP contribution in [0, 0.1) is 5.92 Å². The highest BCUT2D eigenvalue weighted by molar-refractivity contribution is 7.19. The molecule has 164 valence electrons. The van der Waals surface area contributed by atoms with Crippen LogP contribution < -0.4 is 10.2 Å². The second kappa shape index (κ2) is 9.70. The van der Waals surface area contributed by atoms with E-state index in [9.17, 15) is 4.79 Å². The van der Waals surface area contributed by atoms with Gasteiger partial charge in [0.2, 0.25) is 5.91 Å². The maximum absolute atomic E-state index is 12.5. The summed E-state index contributed by atoms with van der Waals surface area (Å²) in [5.41, 5.74) is 2.24. The van der Waals surface area contributed by atoms with Gasteiger partial charge in [-0.1, -0.05) is 6.92 Å². The van der Waals surface area contributed by atoms with Crippen LogP contribution in [0.25, 0.3) is 21.6 Å².